The monoisotopic (exact) mass is 346 g/mol. The van der Waals surface area contributed by atoms with Gasteiger partial charge >= 0.3 is 0 Å². The maximum Gasteiger partial charge on any atom is 0.259 e. The zero-order valence-electron chi connectivity index (χ0n) is 15.6. The molecule has 1 aromatic heterocycles. The van der Waals surface area contributed by atoms with E-state index in [0.717, 1.165) is 38.0 Å². The lowest BCUT2D eigenvalue weighted by atomic mass is 9.59. The number of ether oxygens (including phenoxy) is 1. The Morgan fingerprint density at radius 3 is 2.68 bits per heavy atom. The SMILES string of the molecule is CCCN(C(=O)c1c[nH]c(C)cc1=O)[C@@H]1C[C@H](OCC)C12CCCC2. The van der Waals surface area contributed by atoms with Crippen LogP contribution < -0.4 is 5.43 Å². The van der Waals surface area contributed by atoms with E-state index in [1.54, 1.807) is 6.20 Å². The van der Waals surface area contributed by atoms with Crippen LogP contribution in [0.2, 0.25) is 0 Å². The third kappa shape index (κ3) is 3.14. The van der Waals surface area contributed by atoms with Crippen LogP contribution in [0.3, 0.4) is 0 Å². The molecule has 25 heavy (non-hydrogen) atoms. The van der Waals surface area contributed by atoms with Gasteiger partial charge in [-0.05, 0) is 39.5 Å². The Balaban J connectivity index is 1.88. The molecule has 0 saturated heterocycles. The van der Waals surface area contributed by atoms with E-state index < -0.39 is 0 Å². The standard InChI is InChI=1S/C20H30N2O3/c1-4-10-22(19(24)15-13-21-14(3)11-16(15)23)17-12-18(25-5-2)20(17)8-6-7-9-20/h11,13,17-18H,4-10,12H2,1-3H3,(H,21,23)/t17-,18+/m1/s1. The van der Waals surface area contributed by atoms with Crippen molar-refractivity contribution in [2.45, 2.75) is 71.4 Å². The number of amides is 1. The Bertz CT molecular complexity index is 676. The Kier molecular flexibility index (Phi) is 5.32. The van der Waals surface area contributed by atoms with E-state index in [1.807, 2.05) is 18.7 Å². The lowest BCUT2D eigenvalue weighted by Gasteiger charge is -2.57. The summed E-state index contributed by atoms with van der Waals surface area (Å²) < 4.78 is 5.99. The molecule has 1 heterocycles. The van der Waals surface area contributed by atoms with Gasteiger partial charge in [0.1, 0.15) is 5.56 Å². The van der Waals surface area contributed by atoms with Gasteiger partial charge < -0.3 is 14.6 Å². The first kappa shape index (κ1) is 18.2. The Morgan fingerprint density at radius 1 is 1.36 bits per heavy atom. The van der Waals surface area contributed by atoms with Crippen molar-refractivity contribution >= 4 is 5.91 Å². The van der Waals surface area contributed by atoms with Crippen LogP contribution in [0.1, 0.15) is 68.4 Å². The summed E-state index contributed by atoms with van der Waals surface area (Å²) in [6, 6.07) is 1.70. The molecule has 2 atom stereocenters. The number of carbonyl (C=O) groups is 1. The third-order valence-corrected chi connectivity index (χ3v) is 6.03. The second kappa shape index (κ2) is 7.32. The molecule has 1 N–H and O–H groups in total. The van der Waals surface area contributed by atoms with Gasteiger partial charge in [-0.25, -0.2) is 0 Å². The van der Waals surface area contributed by atoms with Gasteiger partial charge in [0.15, 0.2) is 5.43 Å². The van der Waals surface area contributed by atoms with Gasteiger partial charge in [0.05, 0.1) is 6.10 Å². The number of aromatic nitrogens is 1. The minimum Gasteiger partial charge on any atom is -0.378 e. The number of hydrogen-bond acceptors (Lipinski definition) is 3. The quantitative estimate of drug-likeness (QED) is 0.860. The number of H-pyrrole nitrogens is 1. The summed E-state index contributed by atoms with van der Waals surface area (Å²) in [6.07, 6.45) is 8.28. The van der Waals surface area contributed by atoms with Crippen LogP contribution in [0.4, 0.5) is 0 Å². The first-order valence-corrected chi connectivity index (χ1v) is 9.65. The summed E-state index contributed by atoms with van der Waals surface area (Å²) >= 11 is 0. The number of pyridine rings is 1. The van der Waals surface area contributed by atoms with Crippen molar-refractivity contribution in [3.05, 3.63) is 33.7 Å². The predicted molar refractivity (Wildman–Crippen MR) is 97.8 cm³/mol. The van der Waals surface area contributed by atoms with E-state index in [4.69, 9.17) is 4.74 Å². The molecular weight excluding hydrogens is 316 g/mol. The summed E-state index contributed by atoms with van der Waals surface area (Å²) in [5, 5.41) is 0. The van der Waals surface area contributed by atoms with Crippen molar-refractivity contribution in [3.63, 3.8) is 0 Å². The summed E-state index contributed by atoms with van der Waals surface area (Å²) in [5.41, 5.74) is 0.935. The van der Waals surface area contributed by atoms with Crippen molar-refractivity contribution in [2.24, 2.45) is 5.41 Å². The van der Waals surface area contributed by atoms with Crippen molar-refractivity contribution < 1.29 is 9.53 Å². The maximum atomic E-state index is 13.2. The molecule has 1 amide bonds. The fraction of sp³-hybridized carbons (Fsp3) is 0.700. The van der Waals surface area contributed by atoms with Gasteiger partial charge in [-0.15, -0.1) is 0 Å². The van der Waals surface area contributed by atoms with Crippen molar-refractivity contribution in [1.82, 2.24) is 9.88 Å². The predicted octanol–water partition coefficient (Wildman–Crippen LogP) is 3.27. The third-order valence-electron chi connectivity index (χ3n) is 6.03. The van der Waals surface area contributed by atoms with E-state index in [0.29, 0.717) is 6.54 Å². The maximum absolute atomic E-state index is 13.2. The van der Waals surface area contributed by atoms with Crippen LogP contribution in [-0.2, 0) is 4.74 Å². The Labute approximate surface area is 149 Å². The van der Waals surface area contributed by atoms with Crippen LogP contribution in [0.25, 0.3) is 0 Å². The molecule has 0 aliphatic heterocycles. The molecule has 5 nitrogen and oxygen atoms in total. The van der Waals surface area contributed by atoms with Crippen LogP contribution in [0.5, 0.6) is 0 Å². The molecule has 1 aromatic rings. The molecule has 5 heteroatoms. The number of nitrogens with zero attached hydrogens (tertiary/aromatic N) is 1. The molecule has 138 valence electrons. The van der Waals surface area contributed by atoms with Crippen molar-refractivity contribution in [1.29, 1.82) is 0 Å². The normalized spacial score (nSPS) is 24.3. The molecule has 2 aliphatic rings. The van der Waals surface area contributed by atoms with Gasteiger partial charge in [-0.1, -0.05) is 19.8 Å². The summed E-state index contributed by atoms with van der Waals surface area (Å²) in [5.74, 6) is -0.130. The number of rotatable bonds is 6. The van der Waals surface area contributed by atoms with Crippen LogP contribution in [0, 0.1) is 12.3 Å². The lowest BCUT2D eigenvalue weighted by Crippen LogP contribution is -2.65. The van der Waals surface area contributed by atoms with Crippen molar-refractivity contribution in [2.75, 3.05) is 13.2 Å². The molecule has 0 unspecified atom stereocenters. The zero-order chi connectivity index (χ0) is 18.0. The number of carbonyl (C=O) groups excluding carboxylic acids is 1. The number of nitrogens with one attached hydrogen (secondary N) is 1. The highest BCUT2D eigenvalue weighted by Crippen LogP contribution is 2.56. The van der Waals surface area contributed by atoms with E-state index in [1.165, 1.54) is 18.9 Å². The fourth-order valence-corrected chi connectivity index (χ4v) is 4.82. The first-order chi connectivity index (χ1) is 12.0. The van der Waals surface area contributed by atoms with Gasteiger partial charge in [0.2, 0.25) is 0 Å². The average molecular weight is 346 g/mol. The van der Waals surface area contributed by atoms with Crippen LogP contribution >= 0.6 is 0 Å². The lowest BCUT2D eigenvalue weighted by molar-refractivity contribution is -0.156. The highest BCUT2D eigenvalue weighted by molar-refractivity contribution is 5.94. The Morgan fingerprint density at radius 2 is 2.08 bits per heavy atom. The minimum absolute atomic E-state index is 0.0955. The summed E-state index contributed by atoms with van der Waals surface area (Å²) in [7, 11) is 0. The molecule has 0 aromatic carbocycles. The summed E-state index contributed by atoms with van der Waals surface area (Å²) in [4.78, 5) is 30.4. The molecule has 0 radical (unpaired) electrons. The topological polar surface area (TPSA) is 62.4 Å². The largest absolute Gasteiger partial charge is 0.378 e. The number of hydrogen-bond donors (Lipinski definition) is 1. The van der Waals surface area contributed by atoms with E-state index in [9.17, 15) is 9.59 Å². The molecular formula is C20H30N2O3. The molecule has 2 fully saturated rings. The number of aromatic amines is 1. The van der Waals surface area contributed by atoms with E-state index in [2.05, 4.69) is 11.9 Å². The smallest absolute Gasteiger partial charge is 0.259 e. The second-order valence-corrected chi connectivity index (χ2v) is 7.53. The molecule has 1 spiro atoms. The molecule has 3 rings (SSSR count). The zero-order valence-corrected chi connectivity index (χ0v) is 15.6. The van der Waals surface area contributed by atoms with Gasteiger partial charge in [0.25, 0.3) is 5.91 Å². The van der Waals surface area contributed by atoms with E-state index in [-0.39, 0.29) is 34.5 Å². The second-order valence-electron chi connectivity index (χ2n) is 7.53. The van der Waals surface area contributed by atoms with Crippen LogP contribution in [0.15, 0.2) is 17.1 Å². The molecule has 2 aliphatic carbocycles. The van der Waals surface area contributed by atoms with Gasteiger partial charge in [-0.2, -0.15) is 0 Å². The summed E-state index contributed by atoms with van der Waals surface area (Å²) in [6.45, 7) is 7.36. The first-order valence-electron chi connectivity index (χ1n) is 9.65. The highest BCUT2D eigenvalue weighted by Gasteiger charge is 2.59. The van der Waals surface area contributed by atoms with Crippen molar-refractivity contribution in [3.8, 4) is 0 Å². The fourth-order valence-electron chi connectivity index (χ4n) is 4.82. The number of aryl methyl sites for hydroxylation is 1. The highest BCUT2D eigenvalue weighted by atomic mass is 16.5. The molecule has 0 bridgehead atoms. The average Bonchev–Trinajstić information content (AvgIpc) is 3.09. The Hall–Kier alpha value is -1.62. The molecule has 2 saturated carbocycles. The van der Waals surface area contributed by atoms with Crippen LogP contribution in [-0.4, -0.2) is 41.1 Å². The van der Waals surface area contributed by atoms with Gasteiger partial charge in [-0.3, -0.25) is 9.59 Å². The van der Waals surface area contributed by atoms with E-state index >= 15 is 0 Å². The minimum atomic E-state index is -0.191. The van der Waals surface area contributed by atoms with Gasteiger partial charge in [0, 0.05) is 42.6 Å².